The number of unbranched alkanes of at least 4 members (excludes halogenated alkanes) is 2. The van der Waals surface area contributed by atoms with Crippen molar-refractivity contribution >= 4 is 11.8 Å². The molecule has 0 aromatic rings. The van der Waals surface area contributed by atoms with Gasteiger partial charge in [0.1, 0.15) is 0 Å². The van der Waals surface area contributed by atoms with Gasteiger partial charge in [-0.25, -0.2) is 10.9 Å². The van der Waals surface area contributed by atoms with Crippen molar-refractivity contribution in [2.75, 3.05) is 20.1 Å². The van der Waals surface area contributed by atoms with Crippen molar-refractivity contribution in [3.05, 3.63) is 0 Å². The Balaban J connectivity index is 3.81. The molecule has 0 aromatic carbocycles. The first kappa shape index (κ1) is 19.8. The molecule has 0 aromatic heterocycles. The van der Waals surface area contributed by atoms with E-state index in [2.05, 4.69) is 40.9 Å². The van der Waals surface area contributed by atoms with Crippen molar-refractivity contribution in [2.45, 2.75) is 58.4 Å². The molecule has 0 aliphatic heterocycles. The van der Waals surface area contributed by atoms with E-state index in [1.165, 1.54) is 0 Å². The summed E-state index contributed by atoms with van der Waals surface area (Å²) < 4.78 is 0. The third-order valence-corrected chi connectivity index (χ3v) is 3.08. The Morgan fingerprint density at radius 1 is 0.952 bits per heavy atom. The molecule has 7 nitrogen and oxygen atoms in total. The van der Waals surface area contributed by atoms with Crippen LogP contribution in [-0.4, -0.2) is 38.0 Å². The van der Waals surface area contributed by atoms with E-state index in [4.69, 9.17) is 0 Å². The van der Waals surface area contributed by atoms with E-state index in [1.54, 1.807) is 7.05 Å². The number of hydrogen-bond donors (Lipinski definition) is 5. The molecule has 0 saturated carbocycles. The van der Waals surface area contributed by atoms with Gasteiger partial charge in [0.05, 0.1) is 6.04 Å². The molecule has 0 heterocycles. The van der Waals surface area contributed by atoms with Crippen LogP contribution in [0.5, 0.6) is 0 Å². The van der Waals surface area contributed by atoms with Crippen molar-refractivity contribution < 1.29 is 9.59 Å². The quantitative estimate of drug-likeness (QED) is 0.247. The molecule has 0 spiro atoms. The highest BCUT2D eigenvalue weighted by Gasteiger charge is 2.17. The van der Waals surface area contributed by atoms with Crippen molar-refractivity contribution in [3.8, 4) is 0 Å². The Morgan fingerprint density at radius 3 is 2.05 bits per heavy atom. The minimum atomic E-state index is -0.375. The largest absolute Gasteiger partial charge is 0.309 e. The van der Waals surface area contributed by atoms with Gasteiger partial charge in [0, 0.05) is 19.5 Å². The summed E-state index contributed by atoms with van der Waals surface area (Å²) in [5.41, 5.74) is 11.0. The van der Waals surface area contributed by atoms with Gasteiger partial charge in [0.15, 0.2) is 0 Å². The molecule has 7 heteroatoms. The lowest BCUT2D eigenvalue weighted by molar-refractivity contribution is -0.125. The number of likely N-dealkylation sites (N-methyl/N-ethyl adjacent to an activating group) is 1. The van der Waals surface area contributed by atoms with Gasteiger partial charge < -0.3 is 5.32 Å². The number of rotatable bonds is 13. The molecular weight excluding hydrogens is 270 g/mol. The van der Waals surface area contributed by atoms with Crippen LogP contribution in [0.4, 0.5) is 0 Å². The lowest BCUT2D eigenvalue weighted by Crippen LogP contribution is -2.49. The molecular formula is C14H31N5O2. The van der Waals surface area contributed by atoms with Gasteiger partial charge in [0.25, 0.3) is 5.91 Å². The van der Waals surface area contributed by atoms with Crippen molar-refractivity contribution in [2.24, 2.45) is 0 Å². The molecule has 0 bridgehead atoms. The van der Waals surface area contributed by atoms with Crippen LogP contribution in [0.25, 0.3) is 0 Å². The van der Waals surface area contributed by atoms with Gasteiger partial charge in [0.2, 0.25) is 5.91 Å². The minimum absolute atomic E-state index is 0.0990. The topological polar surface area (TPSA) is 94.3 Å². The van der Waals surface area contributed by atoms with Gasteiger partial charge in [-0.05, 0) is 26.3 Å². The van der Waals surface area contributed by atoms with Crippen molar-refractivity contribution in [1.82, 2.24) is 27.0 Å². The Labute approximate surface area is 127 Å². The maximum absolute atomic E-state index is 11.9. The third kappa shape index (κ3) is 11.2. The molecule has 5 N–H and O–H groups in total. The Hall–Kier alpha value is -1.18. The molecule has 0 aliphatic carbocycles. The zero-order valence-electron chi connectivity index (χ0n) is 13.6. The normalized spacial score (nSPS) is 12.0. The first-order valence-corrected chi connectivity index (χ1v) is 7.87. The number of amides is 2. The average Bonchev–Trinajstić information content (AvgIpc) is 2.48. The summed E-state index contributed by atoms with van der Waals surface area (Å²) in [6.07, 6.45) is 4.94. The summed E-state index contributed by atoms with van der Waals surface area (Å²) in [4.78, 5) is 23.5. The van der Waals surface area contributed by atoms with Gasteiger partial charge >= 0.3 is 0 Å². The molecule has 2 amide bonds. The number of hydrogen-bond acceptors (Lipinski definition) is 5. The van der Waals surface area contributed by atoms with Gasteiger partial charge in [-0.15, -0.1) is 0 Å². The second-order valence-electron chi connectivity index (χ2n) is 4.98. The van der Waals surface area contributed by atoms with Crippen LogP contribution in [0, 0.1) is 0 Å². The lowest BCUT2D eigenvalue weighted by atomic mass is 10.1. The Bertz CT molecular complexity index is 287. The summed E-state index contributed by atoms with van der Waals surface area (Å²) in [5.74, 6) is -0.238. The highest BCUT2D eigenvalue weighted by molar-refractivity contribution is 5.82. The van der Waals surface area contributed by atoms with Crippen LogP contribution >= 0.6 is 0 Å². The summed E-state index contributed by atoms with van der Waals surface area (Å²) >= 11 is 0. The Morgan fingerprint density at radius 2 is 1.52 bits per heavy atom. The molecule has 21 heavy (non-hydrogen) atoms. The summed E-state index contributed by atoms with van der Waals surface area (Å²) in [7, 11) is 1.72. The molecule has 1 unspecified atom stereocenters. The zero-order chi connectivity index (χ0) is 15.9. The van der Waals surface area contributed by atoms with Crippen LogP contribution in [0.15, 0.2) is 0 Å². The minimum Gasteiger partial charge on any atom is -0.309 e. The summed E-state index contributed by atoms with van der Waals surface area (Å²) in [6.45, 7) is 5.70. The zero-order valence-corrected chi connectivity index (χ0v) is 13.6. The van der Waals surface area contributed by atoms with Crippen molar-refractivity contribution in [1.29, 1.82) is 0 Å². The second kappa shape index (κ2) is 13.8. The first-order chi connectivity index (χ1) is 10.2. The lowest BCUT2D eigenvalue weighted by Gasteiger charge is -2.16. The smallest absolute Gasteiger partial charge is 0.251 e. The van der Waals surface area contributed by atoms with E-state index in [0.29, 0.717) is 12.8 Å². The molecule has 124 valence electrons. The fraction of sp³-hybridized carbons (Fsp3) is 0.857. The van der Waals surface area contributed by atoms with E-state index in [9.17, 15) is 9.59 Å². The second-order valence-corrected chi connectivity index (χ2v) is 4.98. The van der Waals surface area contributed by atoms with Crippen LogP contribution in [0.2, 0.25) is 0 Å². The third-order valence-electron chi connectivity index (χ3n) is 3.08. The highest BCUT2D eigenvalue weighted by atomic mass is 16.2. The van der Waals surface area contributed by atoms with Crippen LogP contribution in [0.3, 0.4) is 0 Å². The summed E-state index contributed by atoms with van der Waals surface area (Å²) in [6, 6.07) is -0.375. The predicted octanol–water partition coefficient (Wildman–Crippen LogP) is 0.196. The number of carbonyl (C=O) groups is 2. The maximum atomic E-state index is 11.9. The van der Waals surface area contributed by atoms with Gasteiger partial charge in [-0.2, -0.15) is 0 Å². The Kier molecular flexibility index (Phi) is 13.0. The number of nitrogens with one attached hydrogen (secondary N) is 5. The maximum Gasteiger partial charge on any atom is 0.251 e. The molecule has 0 aliphatic rings. The van der Waals surface area contributed by atoms with E-state index >= 15 is 0 Å². The van der Waals surface area contributed by atoms with E-state index < -0.39 is 0 Å². The fourth-order valence-corrected chi connectivity index (χ4v) is 1.67. The predicted molar refractivity (Wildman–Crippen MR) is 84.2 cm³/mol. The first-order valence-electron chi connectivity index (χ1n) is 7.87. The van der Waals surface area contributed by atoms with Crippen molar-refractivity contribution in [3.63, 3.8) is 0 Å². The van der Waals surface area contributed by atoms with Crippen LogP contribution < -0.4 is 27.0 Å². The van der Waals surface area contributed by atoms with Crippen LogP contribution in [-0.2, 0) is 9.59 Å². The SMILES string of the molecule is CCCCNNC(=O)CCC(NC)C(=O)NNCCCC. The molecule has 0 rings (SSSR count). The molecule has 0 fully saturated rings. The molecule has 1 atom stereocenters. The standard InChI is InChI=1S/C14H31N5O2/c1-4-6-10-16-18-13(20)9-8-12(15-3)14(21)19-17-11-7-5-2/h12,15-17H,4-11H2,1-3H3,(H,18,20)(H,19,21). The number of hydrazine groups is 2. The molecule has 0 saturated heterocycles. The van der Waals surface area contributed by atoms with E-state index in [0.717, 1.165) is 38.8 Å². The van der Waals surface area contributed by atoms with E-state index in [1.807, 2.05) is 0 Å². The average molecular weight is 301 g/mol. The van der Waals surface area contributed by atoms with Gasteiger partial charge in [-0.1, -0.05) is 26.7 Å². The fourth-order valence-electron chi connectivity index (χ4n) is 1.67. The number of carbonyl (C=O) groups excluding carboxylic acids is 2. The highest BCUT2D eigenvalue weighted by Crippen LogP contribution is 1.97. The van der Waals surface area contributed by atoms with Gasteiger partial charge in [-0.3, -0.25) is 20.4 Å². The van der Waals surface area contributed by atoms with E-state index in [-0.39, 0.29) is 17.9 Å². The molecule has 0 radical (unpaired) electrons. The van der Waals surface area contributed by atoms with Crippen LogP contribution in [0.1, 0.15) is 52.4 Å². The summed E-state index contributed by atoms with van der Waals surface area (Å²) in [5, 5.41) is 2.92. The monoisotopic (exact) mass is 301 g/mol.